The molecule has 2 N–H and O–H groups in total. The quantitative estimate of drug-likeness (QED) is 0.168. The second kappa shape index (κ2) is 10.2. The molecule has 4 aromatic carbocycles. The summed E-state index contributed by atoms with van der Waals surface area (Å²) in [5.41, 5.74) is 4.32. The molecule has 0 fully saturated rings. The van der Waals surface area contributed by atoms with E-state index in [-0.39, 0.29) is 18.4 Å². The molecule has 198 valence electrons. The van der Waals surface area contributed by atoms with Crippen molar-refractivity contribution >= 4 is 45.3 Å². The molecule has 3 heterocycles. The molecule has 6 aromatic rings. The van der Waals surface area contributed by atoms with Gasteiger partial charge >= 0.3 is 0 Å². The lowest BCUT2D eigenvalue weighted by molar-refractivity contribution is 0.103. The second-order valence-corrected chi connectivity index (χ2v) is 9.75. The van der Waals surface area contributed by atoms with Crippen LogP contribution in [0.25, 0.3) is 44.8 Å². The topological polar surface area (TPSA) is 84.2 Å². The average molecular weight is 537 g/mol. The molecule has 1 aliphatic heterocycles. The van der Waals surface area contributed by atoms with Gasteiger partial charge in [0, 0.05) is 34.6 Å². The first kappa shape index (κ1) is 24.4. The van der Waals surface area contributed by atoms with E-state index in [2.05, 4.69) is 22.1 Å². The second-order valence-electron chi connectivity index (χ2n) is 9.75. The van der Waals surface area contributed by atoms with Crippen LogP contribution in [0.4, 0.5) is 0 Å². The van der Waals surface area contributed by atoms with Crippen LogP contribution in [0, 0.1) is 0 Å². The summed E-state index contributed by atoms with van der Waals surface area (Å²) >= 11 is 0. The molecule has 0 radical (unpaired) electrons. The fourth-order valence-corrected chi connectivity index (χ4v) is 5.38. The maximum absolute atomic E-state index is 12.8. The van der Waals surface area contributed by atoms with Crippen LogP contribution in [0.15, 0.2) is 109 Å². The molecule has 0 atom stereocenters. The predicted octanol–water partition coefficient (Wildman–Crippen LogP) is 7.84. The highest BCUT2D eigenvalue weighted by atomic mass is 16.7. The highest BCUT2D eigenvalue weighted by molar-refractivity contribution is 6.14. The van der Waals surface area contributed by atoms with Crippen molar-refractivity contribution in [1.29, 1.82) is 0 Å². The fraction of sp³-hybridized carbons (Fsp3) is 0.0286. The third-order valence-electron chi connectivity index (χ3n) is 7.27. The van der Waals surface area contributed by atoms with Gasteiger partial charge in [0.15, 0.2) is 0 Å². The molecule has 41 heavy (non-hydrogen) atoms. The van der Waals surface area contributed by atoms with Crippen LogP contribution in [-0.2, 0) is 0 Å². The van der Waals surface area contributed by atoms with Crippen molar-refractivity contribution in [1.82, 2.24) is 9.97 Å². The Morgan fingerprint density at radius 3 is 1.51 bits per heavy atom. The number of aromatic nitrogens is 2. The number of ketones is 2. The van der Waals surface area contributed by atoms with Crippen LogP contribution in [0.5, 0.6) is 11.5 Å². The summed E-state index contributed by atoms with van der Waals surface area (Å²) in [5.74, 6) is 0.997. The molecule has 0 bridgehead atoms. The van der Waals surface area contributed by atoms with Crippen molar-refractivity contribution in [3.63, 3.8) is 0 Å². The van der Waals surface area contributed by atoms with Crippen molar-refractivity contribution in [2.24, 2.45) is 0 Å². The van der Waals surface area contributed by atoms with Crippen molar-refractivity contribution in [2.45, 2.75) is 0 Å². The SMILES string of the molecule is O=C(/C=C\c1cc2ccccc2c2c1OCOc1c(/C=C\C(=O)c3ccc[nH]3)cc3ccccc3c1-2)c1ccc[nH]1. The van der Waals surface area contributed by atoms with Gasteiger partial charge in [-0.25, -0.2) is 0 Å². The summed E-state index contributed by atoms with van der Waals surface area (Å²) in [4.78, 5) is 31.5. The number of aromatic amines is 2. The van der Waals surface area contributed by atoms with E-state index in [4.69, 9.17) is 9.47 Å². The van der Waals surface area contributed by atoms with Crippen molar-refractivity contribution in [3.8, 4) is 22.6 Å². The van der Waals surface area contributed by atoms with Crippen molar-refractivity contribution < 1.29 is 19.1 Å². The monoisotopic (exact) mass is 536 g/mol. The summed E-state index contributed by atoms with van der Waals surface area (Å²) in [5, 5.41) is 4.00. The van der Waals surface area contributed by atoms with E-state index in [1.807, 2.05) is 48.5 Å². The third-order valence-corrected chi connectivity index (χ3v) is 7.27. The van der Waals surface area contributed by atoms with Gasteiger partial charge in [-0.3, -0.25) is 9.59 Å². The molecule has 0 spiro atoms. The fourth-order valence-electron chi connectivity index (χ4n) is 5.38. The summed E-state index contributed by atoms with van der Waals surface area (Å²) in [6.07, 6.45) is 10.1. The number of fused-ring (bicyclic) bond motifs is 7. The minimum absolute atomic E-state index is 0.0342. The molecule has 1 aliphatic rings. The number of nitrogens with one attached hydrogen (secondary N) is 2. The molecule has 0 amide bonds. The van der Waals surface area contributed by atoms with Crippen molar-refractivity contribution in [2.75, 3.05) is 6.79 Å². The highest BCUT2D eigenvalue weighted by Crippen LogP contribution is 2.50. The van der Waals surface area contributed by atoms with Gasteiger partial charge in [-0.05, 0) is 82.2 Å². The van der Waals surface area contributed by atoms with Gasteiger partial charge in [-0.1, -0.05) is 48.5 Å². The maximum Gasteiger partial charge on any atom is 0.231 e. The van der Waals surface area contributed by atoms with E-state index >= 15 is 0 Å². The van der Waals surface area contributed by atoms with Gasteiger partial charge in [-0.15, -0.1) is 0 Å². The van der Waals surface area contributed by atoms with Gasteiger partial charge in [0.1, 0.15) is 11.5 Å². The Morgan fingerprint density at radius 2 is 1.07 bits per heavy atom. The van der Waals surface area contributed by atoms with Gasteiger partial charge in [0.05, 0.1) is 11.4 Å². The Bertz CT molecular complexity index is 1850. The number of carbonyl (C=O) groups is 2. The third kappa shape index (κ3) is 4.41. The molecule has 0 saturated heterocycles. The van der Waals surface area contributed by atoms with E-state index in [1.54, 1.807) is 61.0 Å². The predicted molar refractivity (Wildman–Crippen MR) is 161 cm³/mol. The smallest absolute Gasteiger partial charge is 0.231 e. The zero-order valence-corrected chi connectivity index (χ0v) is 21.9. The van der Waals surface area contributed by atoms with E-state index in [9.17, 15) is 9.59 Å². The molecular weight excluding hydrogens is 512 g/mol. The normalized spacial score (nSPS) is 12.7. The Labute approximate surface area is 235 Å². The molecule has 7 rings (SSSR count). The number of H-pyrrole nitrogens is 2. The minimum atomic E-state index is -0.133. The van der Waals surface area contributed by atoms with Crippen LogP contribution in [0.3, 0.4) is 0 Å². The van der Waals surface area contributed by atoms with Crippen LogP contribution in [-0.4, -0.2) is 28.3 Å². The first-order chi connectivity index (χ1) is 20.2. The highest BCUT2D eigenvalue weighted by Gasteiger charge is 2.26. The van der Waals surface area contributed by atoms with Gasteiger partial charge in [-0.2, -0.15) is 0 Å². The molecule has 2 aromatic heterocycles. The van der Waals surface area contributed by atoms with Crippen LogP contribution >= 0.6 is 0 Å². The number of allylic oxidation sites excluding steroid dienone is 2. The lowest BCUT2D eigenvalue weighted by atomic mass is 9.88. The number of hydrogen-bond donors (Lipinski definition) is 2. The van der Waals surface area contributed by atoms with Crippen LogP contribution < -0.4 is 9.47 Å². The molecule has 0 aliphatic carbocycles. The lowest BCUT2D eigenvalue weighted by Crippen LogP contribution is -2.05. The zero-order valence-electron chi connectivity index (χ0n) is 21.9. The Morgan fingerprint density at radius 1 is 0.610 bits per heavy atom. The first-order valence-corrected chi connectivity index (χ1v) is 13.3. The van der Waals surface area contributed by atoms with E-state index in [0.29, 0.717) is 22.9 Å². The first-order valence-electron chi connectivity index (χ1n) is 13.3. The summed E-state index contributed by atoms with van der Waals surface area (Å²) < 4.78 is 12.6. The number of carbonyl (C=O) groups excluding carboxylic acids is 2. The number of rotatable bonds is 6. The largest absolute Gasteiger partial charge is 0.456 e. The lowest BCUT2D eigenvalue weighted by Gasteiger charge is -2.17. The van der Waals surface area contributed by atoms with Gasteiger partial charge in [0.25, 0.3) is 0 Å². The van der Waals surface area contributed by atoms with Crippen molar-refractivity contribution in [3.05, 3.63) is 132 Å². The number of benzene rings is 4. The summed E-state index contributed by atoms with van der Waals surface area (Å²) in [7, 11) is 0. The zero-order chi connectivity index (χ0) is 27.8. The Hall–Kier alpha value is -5.62. The molecule has 6 nitrogen and oxygen atoms in total. The summed E-state index contributed by atoms with van der Waals surface area (Å²) in [6.45, 7) is -0.0342. The van der Waals surface area contributed by atoms with Gasteiger partial charge < -0.3 is 19.4 Å². The molecule has 6 heteroatoms. The number of ether oxygens (including phenoxy) is 2. The average Bonchev–Trinajstić information content (AvgIpc) is 3.71. The maximum atomic E-state index is 12.8. The molecule has 0 saturated carbocycles. The van der Waals surface area contributed by atoms with E-state index in [1.165, 1.54) is 0 Å². The van der Waals surface area contributed by atoms with Crippen LogP contribution in [0.2, 0.25) is 0 Å². The van der Waals surface area contributed by atoms with E-state index in [0.717, 1.165) is 43.8 Å². The molecule has 0 unspecified atom stereocenters. The number of hydrogen-bond acceptors (Lipinski definition) is 4. The van der Waals surface area contributed by atoms with Crippen LogP contribution in [0.1, 0.15) is 32.1 Å². The van der Waals surface area contributed by atoms with Gasteiger partial charge in [0.2, 0.25) is 18.4 Å². The Kier molecular flexibility index (Phi) is 6.06. The minimum Gasteiger partial charge on any atom is -0.456 e. The molecular formula is C35H24N2O4. The van der Waals surface area contributed by atoms with E-state index < -0.39 is 0 Å². The summed E-state index contributed by atoms with van der Waals surface area (Å²) in [6, 6.07) is 27.3. The Balaban J connectivity index is 1.47. The standard InChI is InChI=1S/C35H24N2O4/c38-30(28-11-5-17-36-28)15-13-24-19-22-7-1-3-9-26(22)32-33-27-10-4-2-8-23(27)20-25(35(33)41-21-40-34(24)32)14-16-31(39)29-12-6-18-37-29/h1-20,36-37H,21H2/b15-13-,16-14-.